The molecule has 0 bridgehead atoms. The number of likely N-dealkylation sites (tertiary alicyclic amines) is 1. The Morgan fingerprint density at radius 3 is 2.52 bits per heavy atom. The molecule has 0 saturated carbocycles. The fourth-order valence-electron chi connectivity index (χ4n) is 3.67. The lowest BCUT2D eigenvalue weighted by Crippen LogP contribution is -2.29. The van der Waals surface area contributed by atoms with Gasteiger partial charge in [0.1, 0.15) is 11.5 Å². The van der Waals surface area contributed by atoms with E-state index in [4.69, 9.17) is 16.3 Å². The van der Waals surface area contributed by atoms with E-state index in [0.717, 1.165) is 24.2 Å². The lowest BCUT2D eigenvalue weighted by molar-refractivity contribution is -0.128. The molecule has 0 atom stereocenters. The minimum absolute atomic E-state index is 0.139. The third-order valence-electron chi connectivity index (χ3n) is 5.42. The highest BCUT2D eigenvalue weighted by Gasteiger charge is 2.22. The largest absolute Gasteiger partial charge is 0.457 e. The van der Waals surface area contributed by atoms with Crippen LogP contribution in [0.5, 0.6) is 11.5 Å². The summed E-state index contributed by atoms with van der Waals surface area (Å²) < 4.78 is 6.10. The smallest absolute Gasteiger partial charge is 0.251 e. The molecule has 2 amide bonds. The van der Waals surface area contributed by atoms with Crippen molar-refractivity contribution in [1.29, 1.82) is 0 Å². The molecule has 1 aliphatic heterocycles. The third-order valence-corrected chi connectivity index (χ3v) is 5.67. The van der Waals surface area contributed by atoms with E-state index < -0.39 is 0 Å². The molecule has 170 valence electrons. The first kappa shape index (κ1) is 22.7. The molecule has 0 unspecified atom stereocenters. The summed E-state index contributed by atoms with van der Waals surface area (Å²) in [6.45, 7) is 2.27. The van der Waals surface area contributed by atoms with Crippen LogP contribution in [0.4, 0.5) is 5.69 Å². The highest BCUT2D eigenvalue weighted by atomic mass is 35.5. The molecule has 1 heterocycles. The molecule has 6 nitrogen and oxygen atoms in total. The average Bonchev–Trinajstić information content (AvgIpc) is 3.24. The van der Waals surface area contributed by atoms with Gasteiger partial charge in [0.2, 0.25) is 5.91 Å². The van der Waals surface area contributed by atoms with E-state index >= 15 is 0 Å². The van der Waals surface area contributed by atoms with Crippen molar-refractivity contribution in [1.82, 2.24) is 10.2 Å². The van der Waals surface area contributed by atoms with Crippen molar-refractivity contribution in [2.45, 2.75) is 19.4 Å². The minimum atomic E-state index is -0.186. The third kappa shape index (κ3) is 6.26. The maximum atomic E-state index is 12.7. The van der Waals surface area contributed by atoms with Gasteiger partial charge < -0.3 is 20.3 Å². The van der Waals surface area contributed by atoms with Crippen LogP contribution >= 0.6 is 11.6 Å². The monoisotopic (exact) mass is 463 g/mol. The second-order valence-corrected chi connectivity index (χ2v) is 8.28. The van der Waals surface area contributed by atoms with Gasteiger partial charge in [0.25, 0.3) is 5.91 Å². The Kier molecular flexibility index (Phi) is 7.47. The number of hydrogen-bond donors (Lipinski definition) is 2. The van der Waals surface area contributed by atoms with Gasteiger partial charge in [-0.15, -0.1) is 0 Å². The number of nitrogens with zero attached hydrogens (tertiary/aromatic N) is 1. The standard InChI is InChI=1S/C26H26ClN3O3/c27-21-10-12-23(13-11-21)33-24-17-19(8-9-20(24)18-30-16-4-7-25(30)31)26(32)29-15-14-28-22-5-2-1-3-6-22/h1-3,5-6,8-13,17,28H,4,7,14-16,18H2,(H,29,32). The molecule has 3 aromatic rings. The van der Waals surface area contributed by atoms with Crippen LogP contribution in [-0.2, 0) is 11.3 Å². The highest BCUT2D eigenvalue weighted by molar-refractivity contribution is 6.30. The van der Waals surface area contributed by atoms with E-state index in [0.29, 0.717) is 48.1 Å². The van der Waals surface area contributed by atoms with Gasteiger partial charge in [0.15, 0.2) is 0 Å². The average molecular weight is 464 g/mol. The fraction of sp³-hybridized carbons (Fsp3) is 0.231. The maximum absolute atomic E-state index is 12.7. The molecule has 3 aromatic carbocycles. The summed E-state index contributed by atoms with van der Waals surface area (Å²) in [6, 6.07) is 22.2. The quantitative estimate of drug-likeness (QED) is 0.433. The maximum Gasteiger partial charge on any atom is 0.251 e. The molecule has 7 heteroatoms. The number of rotatable bonds is 9. The summed E-state index contributed by atoms with van der Waals surface area (Å²) in [5, 5.41) is 6.81. The fourth-order valence-corrected chi connectivity index (χ4v) is 3.79. The van der Waals surface area contributed by atoms with Gasteiger partial charge in [-0.3, -0.25) is 9.59 Å². The number of hydrogen-bond acceptors (Lipinski definition) is 4. The van der Waals surface area contributed by atoms with Crippen LogP contribution in [0, 0.1) is 0 Å². The predicted molar refractivity (Wildman–Crippen MR) is 130 cm³/mol. The number of carbonyl (C=O) groups is 2. The van der Waals surface area contributed by atoms with Crippen LogP contribution in [0.3, 0.4) is 0 Å². The SMILES string of the molecule is O=C(NCCNc1ccccc1)c1ccc(CN2CCCC2=O)c(Oc2ccc(Cl)cc2)c1. The van der Waals surface area contributed by atoms with Crippen molar-refractivity contribution in [3.8, 4) is 11.5 Å². The molecular formula is C26H26ClN3O3. The van der Waals surface area contributed by atoms with Gasteiger partial charge in [0, 0.05) is 54.4 Å². The summed E-state index contributed by atoms with van der Waals surface area (Å²) in [4.78, 5) is 26.7. The minimum Gasteiger partial charge on any atom is -0.457 e. The number of amides is 2. The highest BCUT2D eigenvalue weighted by Crippen LogP contribution is 2.29. The van der Waals surface area contributed by atoms with Gasteiger partial charge in [-0.2, -0.15) is 0 Å². The summed E-state index contributed by atoms with van der Waals surface area (Å²) in [5.74, 6) is 1.11. The van der Waals surface area contributed by atoms with Crippen LogP contribution in [0.1, 0.15) is 28.8 Å². The second kappa shape index (κ2) is 10.9. The van der Waals surface area contributed by atoms with Crippen molar-refractivity contribution in [2.75, 3.05) is 25.0 Å². The molecule has 1 fully saturated rings. The number of halogens is 1. The van der Waals surface area contributed by atoms with Crippen molar-refractivity contribution < 1.29 is 14.3 Å². The summed E-state index contributed by atoms with van der Waals surface area (Å²) in [6.07, 6.45) is 1.44. The predicted octanol–water partition coefficient (Wildman–Crippen LogP) is 5.10. The molecule has 1 aliphatic rings. The number of para-hydroxylation sites is 1. The molecule has 33 heavy (non-hydrogen) atoms. The summed E-state index contributed by atoms with van der Waals surface area (Å²) in [7, 11) is 0. The normalized spacial score (nSPS) is 13.1. The van der Waals surface area contributed by atoms with Crippen molar-refractivity contribution >= 4 is 29.1 Å². The van der Waals surface area contributed by atoms with E-state index in [-0.39, 0.29) is 11.8 Å². The van der Waals surface area contributed by atoms with Crippen molar-refractivity contribution in [2.24, 2.45) is 0 Å². The number of carbonyl (C=O) groups excluding carboxylic acids is 2. The Hall–Kier alpha value is -3.51. The lowest BCUT2D eigenvalue weighted by atomic mass is 10.1. The lowest BCUT2D eigenvalue weighted by Gasteiger charge is -2.19. The van der Waals surface area contributed by atoms with Crippen LogP contribution in [-0.4, -0.2) is 36.3 Å². The molecule has 4 rings (SSSR count). The van der Waals surface area contributed by atoms with E-state index in [1.54, 1.807) is 36.4 Å². The molecule has 1 saturated heterocycles. The first-order chi connectivity index (χ1) is 16.1. The van der Waals surface area contributed by atoms with Crippen LogP contribution in [0.2, 0.25) is 5.02 Å². The Balaban J connectivity index is 1.45. The zero-order valence-electron chi connectivity index (χ0n) is 18.2. The number of nitrogens with one attached hydrogen (secondary N) is 2. The Bertz CT molecular complexity index is 1100. The van der Waals surface area contributed by atoms with E-state index in [1.165, 1.54) is 0 Å². The van der Waals surface area contributed by atoms with E-state index in [9.17, 15) is 9.59 Å². The molecule has 0 radical (unpaired) electrons. The number of ether oxygens (including phenoxy) is 1. The zero-order valence-corrected chi connectivity index (χ0v) is 19.0. The topological polar surface area (TPSA) is 70.7 Å². The van der Waals surface area contributed by atoms with Crippen LogP contribution in [0.25, 0.3) is 0 Å². The second-order valence-electron chi connectivity index (χ2n) is 7.85. The van der Waals surface area contributed by atoms with Gasteiger partial charge in [-0.1, -0.05) is 35.9 Å². The Morgan fingerprint density at radius 2 is 1.79 bits per heavy atom. The zero-order chi connectivity index (χ0) is 23.0. The van der Waals surface area contributed by atoms with Gasteiger partial charge in [0.05, 0.1) is 0 Å². The van der Waals surface area contributed by atoms with Crippen LogP contribution in [0.15, 0.2) is 72.8 Å². The number of anilines is 1. The summed E-state index contributed by atoms with van der Waals surface area (Å²) in [5.41, 5.74) is 2.35. The molecular weight excluding hydrogens is 438 g/mol. The van der Waals surface area contributed by atoms with Gasteiger partial charge >= 0.3 is 0 Å². The van der Waals surface area contributed by atoms with Gasteiger partial charge in [-0.25, -0.2) is 0 Å². The Morgan fingerprint density at radius 1 is 1.00 bits per heavy atom. The first-order valence-electron chi connectivity index (χ1n) is 11.0. The Labute approximate surface area is 198 Å². The van der Waals surface area contributed by atoms with Crippen molar-refractivity contribution in [3.05, 3.63) is 88.9 Å². The molecule has 0 aliphatic carbocycles. The number of benzene rings is 3. The summed E-state index contributed by atoms with van der Waals surface area (Å²) >= 11 is 5.98. The molecule has 0 aromatic heterocycles. The first-order valence-corrected chi connectivity index (χ1v) is 11.4. The van der Waals surface area contributed by atoms with Gasteiger partial charge in [-0.05, 0) is 55.0 Å². The van der Waals surface area contributed by atoms with E-state index in [1.807, 2.05) is 41.3 Å². The molecule has 0 spiro atoms. The van der Waals surface area contributed by atoms with Crippen molar-refractivity contribution in [3.63, 3.8) is 0 Å². The van der Waals surface area contributed by atoms with E-state index in [2.05, 4.69) is 10.6 Å². The van der Waals surface area contributed by atoms with Crippen LogP contribution < -0.4 is 15.4 Å². The molecule has 2 N–H and O–H groups in total.